The van der Waals surface area contributed by atoms with Gasteiger partial charge < -0.3 is 9.64 Å². The molecule has 4 rings (SSSR count). The van der Waals surface area contributed by atoms with Crippen LogP contribution in [0.1, 0.15) is 53.3 Å². The van der Waals surface area contributed by atoms with Gasteiger partial charge in [-0.2, -0.15) is 0 Å². The summed E-state index contributed by atoms with van der Waals surface area (Å²) in [4.78, 5) is 11.1. The molecular formula is C23H26FN3OS. The summed E-state index contributed by atoms with van der Waals surface area (Å²) >= 11 is 1.53. The van der Waals surface area contributed by atoms with Crippen molar-refractivity contribution in [3.05, 3.63) is 69.6 Å². The van der Waals surface area contributed by atoms with Gasteiger partial charge in [-0.15, -0.1) is 11.3 Å². The highest BCUT2D eigenvalue weighted by Crippen LogP contribution is 2.32. The van der Waals surface area contributed by atoms with Crippen LogP contribution >= 0.6 is 11.3 Å². The Morgan fingerprint density at radius 3 is 2.66 bits per heavy atom. The van der Waals surface area contributed by atoms with E-state index in [0.717, 1.165) is 57.3 Å². The van der Waals surface area contributed by atoms with E-state index in [-0.39, 0.29) is 11.9 Å². The van der Waals surface area contributed by atoms with E-state index in [1.165, 1.54) is 11.3 Å². The fourth-order valence-electron chi connectivity index (χ4n) is 3.92. The van der Waals surface area contributed by atoms with Gasteiger partial charge in [0.05, 0.1) is 21.3 Å². The van der Waals surface area contributed by atoms with Crippen LogP contribution in [0.25, 0.3) is 10.2 Å². The van der Waals surface area contributed by atoms with Crippen LogP contribution in [0.3, 0.4) is 0 Å². The zero-order chi connectivity index (χ0) is 20.5. The highest BCUT2D eigenvalue weighted by Gasteiger charge is 2.22. The third-order valence-electron chi connectivity index (χ3n) is 5.28. The van der Waals surface area contributed by atoms with E-state index in [0.29, 0.717) is 12.2 Å². The van der Waals surface area contributed by atoms with Crippen LogP contribution in [0.5, 0.6) is 0 Å². The summed E-state index contributed by atoms with van der Waals surface area (Å²) in [7, 11) is 0. The Balaban J connectivity index is 1.51. The molecule has 1 unspecified atom stereocenters. The first-order chi connectivity index (χ1) is 13.9. The van der Waals surface area contributed by atoms with Crippen molar-refractivity contribution < 1.29 is 9.13 Å². The van der Waals surface area contributed by atoms with Crippen LogP contribution < -0.4 is 0 Å². The summed E-state index contributed by atoms with van der Waals surface area (Å²) in [5, 5.41) is 0.958. The summed E-state index contributed by atoms with van der Waals surface area (Å²) in [6, 6.07) is 7.54. The number of hydrogen-bond acceptors (Lipinski definition) is 5. The lowest BCUT2D eigenvalue weighted by Crippen LogP contribution is -2.27. The van der Waals surface area contributed by atoms with Gasteiger partial charge in [0.15, 0.2) is 0 Å². The number of halogens is 1. The highest BCUT2D eigenvalue weighted by molar-refractivity contribution is 7.18. The fraction of sp³-hybridized carbons (Fsp3) is 0.391. The molecule has 3 heterocycles. The summed E-state index contributed by atoms with van der Waals surface area (Å²) in [6.07, 6.45) is 3.94. The Labute approximate surface area is 175 Å². The zero-order valence-corrected chi connectivity index (χ0v) is 18.1. The average Bonchev–Trinajstić information content (AvgIpc) is 3.03. The highest BCUT2D eigenvalue weighted by atomic mass is 32.1. The second-order valence-corrected chi connectivity index (χ2v) is 8.97. The summed E-state index contributed by atoms with van der Waals surface area (Å²) in [5.74, 6) is 0.777. The van der Waals surface area contributed by atoms with Crippen LogP contribution in [0.15, 0.2) is 36.2 Å². The number of aryl methyl sites for hydroxylation is 3. The minimum Gasteiger partial charge on any atom is -0.492 e. The van der Waals surface area contributed by atoms with E-state index in [1.54, 1.807) is 6.07 Å². The fourth-order valence-corrected chi connectivity index (χ4v) is 4.76. The molecule has 2 aromatic heterocycles. The third-order valence-corrected chi connectivity index (χ3v) is 6.21. The molecular weight excluding hydrogens is 385 g/mol. The monoisotopic (exact) mass is 411 g/mol. The van der Waals surface area contributed by atoms with Crippen molar-refractivity contribution in [2.24, 2.45) is 0 Å². The number of benzene rings is 1. The molecule has 3 aromatic rings. The number of fused-ring (bicyclic) bond motifs is 1. The number of allylic oxidation sites excluding steroid dienone is 1. The third kappa shape index (κ3) is 4.42. The van der Waals surface area contributed by atoms with Crippen LogP contribution in [0, 0.1) is 26.6 Å². The molecule has 1 aliphatic rings. The molecule has 0 N–H and O–H groups in total. The van der Waals surface area contributed by atoms with Gasteiger partial charge in [-0.25, -0.2) is 9.37 Å². The van der Waals surface area contributed by atoms with E-state index < -0.39 is 0 Å². The van der Waals surface area contributed by atoms with Crippen molar-refractivity contribution in [3.8, 4) is 0 Å². The number of thiazole rings is 1. The van der Waals surface area contributed by atoms with Crippen LogP contribution in [-0.4, -0.2) is 21.4 Å². The SMILES string of the molecule is Cc1cc(COC2=CN(C(C)c3cc4nc(C)sc4cc3F)CCC2)cc(C)n1. The van der Waals surface area contributed by atoms with Gasteiger partial charge in [0.1, 0.15) is 18.2 Å². The Morgan fingerprint density at radius 1 is 1.14 bits per heavy atom. The van der Waals surface area contributed by atoms with Gasteiger partial charge in [0, 0.05) is 36.1 Å². The molecule has 0 spiro atoms. The summed E-state index contributed by atoms with van der Waals surface area (Å²) < 4.78 is 21.8. The number of hydrogen-bond donors (Lipinski definition) is 0. The van der Waals surface area contributed by atoms with Crippen molar-refractivity contribution in [2.45, 2.75) is 53.2 Å². The first-order valence-corrected chi connectivity index (χ1v) is 10.8. The maximum Gasteiger partial charge on any atom is 0.130 e. The number of ether oxygens (including phenoxy) is 1. The maximum atomic E-state index is 14.8. The van der Waals surface area contributed by atoms with Gasteiger partial charge in [-0.3, -0.25) is 4.98 Å². The predicted molar refractivity (Wildman–Crippen MR) is 115 cm³/mol. The van der Waals surface area contributed by atoms with Crippen molar-refractivity contribution >= 4 is 21.6 Å². The lowest BCUT2D eigenvalue weighted by atomic mass is 10.0. The van der Waals surface area contributed by atoms with E-state index in [2.05, 4.69) is 27.0 Å². The van der Waals surface area contributed by atoms with Crippen LogP contribution in [-0.2, 0) is 11.3 Å². The van der Waals surface area contributed by atoms with Crippen LogP contribution in [0.4, 0.5) is 4.39 Å². The Hall–Kier alpha value is -2.47. The van der Waals surface area contributed by atoms with Gasteiger partial charge in [-0.1, -0.05) is 0 Å². The molecule has 1 aliphatic heterocycles. The second kappa shape index (κ2) is 8.11. The molecule has 0 fully saturated rings. The lowest BCUT2D eigenvalue weighted by Gasteiger charge is -2.32. The first kappa shape index (κ1) is 19.8. The molecule has 0 saturated heterocycles. The molecule has 0 bridgehead atoms. The second-order valence-electron chi connectivity index (χ2n) is 7.73. The van der Waals surface area contributed by atoms with Gasteiger partial charge in [-0.05, 0) is 63.9 Å². The molecule has 152 valence electrons. The first-order valence-electron chi connectivity index (χ1n) is 9.99. The Morgan fingerprint density at radius 2 is 1.90 bits per heavy atom. The summed E-state index contributed by atoms with van der Waals surface area (Å²) in [5.41, 5.74) is 4.67. The van der Waals surface area contributed by atoms with Crippen LogP contribution in [0.2, 0.25) is 0 Å². The zero-order valence-electron chi connectivity index (χ0n) is 17.3. The van der Waals surface area contributed by atoms with E-state index in [4.69, 9.17) is 4.74 Å². The van der Waals surface area contributed by atoms with Gasteiger partial charge in [0.25, 0.3) is 0 Å². The summed E-state index contributed by atoms with van der Waals surface area (Å²) in [6.45, 7) is 9.39. The Bertz CT molecular complexity index is 1060. The molecule has 1 aromatic carbocycles. The lowest BCUT2D eigenvalue weighted by molar-refractivity contribution is 0.154. The van der Waals surface area contributed by atoms with Gasteiger partial charge in [0.2, 0.25) is 0 Å². The average molecular weight is 412 g/mol. The minimum atomic E-state index is -0.169. The standard InChI is InChI=1S/C23H26FN3OS/c1-14-8-18(9-15(2)25-14)13-28-19-6-5-7-27(12-19)16(3)20-10-22-23(11-21(20)24)29-17(4)26-22/h8-12,16H,5-7,13H2,1-4H3. The van der Waals surface area contributed by atoms with Crippen molar-refractivity contribution in [1.82, 2.24) is 14.9 Å². The van der Waals surface area contributed by atoms with E-state index in [9.17, 15) is 4.39 Å². The Kier molecular flexibility index (Phi) is 5.54. The molecule has 0 radical (unpaired) electrons. The minimum absolute atomic E-state index is 0.0780. The van der Waals surface area contributed by atoms with E-state index >= 15 is 0 Å². The van der Waals surface area contributed by atoms with Crippen molar-refractivity contribution in [2.75, 3.05) is 6.54 Å². The molecule has 29 heavy (non-hydrogen) atoms. The molecule has 1 atom stereocenters. The van der Waals surface area contributed by atoms with E-state index in [1.807, 2.05) is 40.0 Å². The number of nitrogens with zero attached hydrogens (tertiary/aromatic N) is 3. The topological polar surface area (TPSA) is 38.2 Å². The molecule has 0 aliphatic carbocycles. The predicted octanol–water partition coefficient (Wildman–Crippen LogP) is 5.97. The quantitative estimate of drug-likeness (QED) is 0.518. The maximum absolute atomic E-state index is 14.8. The smallest absolute Gasteiger partial charge is 0.130 e. The molecule has 6 heteroatoms. The molecule has 0 amide bonds. The normalized spacial score (nSPS) is 15.5. The number of pyridine rings is 1. The molecule has 0 saturated carbocycles. The number of rotatable bonds is 5. The van der Waals surface area contributed by atoms with Crippen molar-refractivity contribution in [1.29, 1.82) is 0 Å². The molecule has 4 nitrogen and oxygen atoms in total. The number of aromatic nitrogens is 2. The van der Waals surface area contributed by atoms with Crippen molar-refractivity contribution in [3.63, 3.8) is 0 Å². The largest absolute Gasteiger partial charge is 0.492 e. The van der Waals surface area contributed by atoms with Gasteiger partial charge >= 0.3 is 0 Å².